The fourth-order valence-corrected chi connectivity index (χ4v) is 2.02. The van der Waals surface area contributed by atoms with E-state index in [2.05, 4.69) is 5.32 Å². The Morgan fingerprint density at radius 2 is 2.11 bits per heavy atom. The molecule has 2 rings (SSSR count). The molecule has 1 N–H and O–H groups in total. The van der Waals surface area contributed by atoms with Crippen LogP contribution in [0, 0.1) is 0 Å². The quantitative estimate of drug-likeness (QED) is 0.673. The van der Waals surface area contributed by atoms with Crippen LogP contribution in [0.25, 0.3) is 6.08 Å². The average Bonchev–Trinajstić information content (AvgIpc) is 2.90. The number of anilines is 1. The van der Waals surface area contributed by atoms with Crippen molar-refractivity contribution in [1.29, 1.82) is 0 Å². The summed E-state index contributed by atoms with van der Waals surface area (Å²) in [6, 6.07) is 11.3. The van der Waals surface area contributed by atoms with Crippen molar-refractivity contribution >= 4 is 29.4 Å². The van der Waals surface area contributed by atoms with Gasteiger partial charge in [0.05, 0.1) is 12.0 Å². The summed E-state index contributed by atoms with van der Waals surface area (Å²) >= 11 is 1.60. The van der Waals surface area contributed by atoms with Crippen LogP contribution in [0.3, 0.4) is 0 Å². The SMILES string of the molecule is CSc1ccccc1NC(=O)/C=C/c1ccco1. The van der Waals surface area contributed by atoms with Crippen molar-refractivity contribution in [1.82, 2.24) is 0 Å². The number of thioether (sulfide) groups is 1. The van der Waals surface area contributed by atoms with Crippen molar-refractivity contribution in [3.05, 3.63) is 54.5 Å². The molecular formula is C14H13NO2S. The predicted octanol–water partition coefficient (Wildman–Crippen LogP) is 3.65. The number of carbonyl (C=O) groups excluding carboxylic acids is 1. The number of carbonyl (C=O) groups is 1. The van der Waals surface area contributed by atoms with E-state index in [4.69, 9.17) is 4.42 Å². The minimum Gasteiger partial charge on any atom is -0.465 e. The summed E-state index contributed by atoms with van der Waals surface area (Å²) in [6.07, 6.45) is 6.64. The molecule has 2 aromatic rings. The van der Waals surface area contributed by atoms with Crippen LogP contribution in [0.5, 0.6) is 0 Å². The van der Waals surface area contributed by atoms with Crippen LogP contribution >= 0.6 is 11.8 Å². The van der Waals surface area contributed by atoms with Crippen LogP contribution in [-0.4, -0.2) is 12.2 Å². The maximum atomic E-state index is 11.7. The molecule has 92 valence electrons. The minimum atomic E-state index is -0.173. The number of nitrogens with one attached hydrogen (secondary N) is 1. The standard InChI is InChI=1S/C14H13NO2S/c1-18-13-7-3-2-6-12(13)15-14(16)9-8-11-5-4-10-17-11/h2-10H,1H3,(H,15,16)/b9-8+. The number of amides is 1. The summed E-state index contributed by atoms with van der Waals surface area (Å²) < 4.78 is 5.11. The van der Waals surface area contributed by atoms with Crippen molar-refractivity contribution < 1.29 is 9.21 Å². The number of para-hydroxylation sites is 1. The monoisotopic (exact) mass is 259 g/mol. The fourth-order valence-electron chi connectivity index (χ4n) is 1.47. The van der Waals surface area contributed by atoms with Crippen molar-refractivity contribution in [2.24, 2.45) is 0 Å². The normalized spacial score (nSPS) is 10.7. The molecule has 0 fully saturated rings. The first-order valence-electron chi connectivity index (χ1n) is 5.45. The van der Waals surface area contributed by atoms with Gasteiger partial charge in [0.25, 0.3) is 0 Å². The summed E-state index contributed by atoms with van der Waals surface area (Å²) in [5, 5.41) is 2.84. The zero-order chi connectivity index (χ0) is 12.8. The molecule has 0 atom stereocenters. The molecular weight excluding hydrogens is 246 g/mol. The third-order valence-electron chi connectivity index (χ3n) is 2.31. The van der Waals surface area contributed by atoms with Gasteiger partial charge in [-0.25, -0.2) is 0 Å². The third-order valence-corrected chi connectivity index (χ3v) is 3.10. The lowest BCUT2D eigenvalue weighted by Crippen LogP contribution is -2.08. The van der Waals surface area contributed by atoms with Gasteiger partial charge in [-0.15, -0.1) is 11.8 Å². The summed E-state index contributed by atoms with van der Waals surface area (Å²) in [6.45, 7) is 0. The van der Waals surface area contributed by atoms with Crippen LogP contribution in [0.2, 0.25) is 0 Å². The highest BCUT2D eigenvalue weighted by atomic mass is 32.2. The highest BCUT2D eigenvalue weighted by Gasteiger charge is 2.02. The largest absolute Gasteiger partial charge is 0.465 e. The number of hydrogen-bond acceptors (Lipinski definition) is 3. The number of furan rings is 1. The maximum Gasteiger partial charge on any atom is 0.248 e. The van der Waals surface area contributed by atoms with E-state index in [-0.39, 0.29) is 5.91 Å². The van der Waals surface area contributed by atoms with E-state index in [1.165, 1.54) is 6.08 Å². The van der Waals surface area contributed by atoms with Gasteiger partial charge in [0.15, 0.2) is 0 Å². The molecule has 0 bridgehead atoms. The van der Waals surface area contributed by atoms with Crippen molar-refractivity contribution in [3.63, 3.8) is 0 Å². The van der Waals surface area contributed by atoms with E-state index in [0.29, 0.717) is 5.76 Å². The number of hydrogen-bond donors (Lipinski definition) is 1. The van der Waals surface area contributed by atoms with E-state index in [1.54, 1.807) is 36.2 Å². The molecule has 1 amide bonds. The zero-order valence-corrected chi connectivity index (χ0v) is 10.7. The predicted molar refractivity (Wildman–Crippen MR) is 74.6 cm³/mol. The summed E-state index contributed by atoms with van der Waals surface area (Å²) in [5.41, 5.74) is 0.819. The van der Waals surface area contributed by atoms with Gasteiger partial charge in [0, 0.05) is 11.0 Å². The molecule has 0 saturated heterocycles. The Kier molecular flexibility index (Phi) is 4.25. The second-order valence-electron chi connectivity index (χ2n) is 3.54. The Morgan fingerprint density at radius 3 is 2.83 bits per heavy atom. The molecule has 18 heavy (non-hydrogen) atoms. The van der Waals surface area contributed by atoms with Gasteiger partial charge in [0.2, 0.25) is 5.91 Å². The molecule has 4 heteroatoms. The lowest BCUT2D eigenvalue weighted by atomic mass is 10.3. The Labute approximate surface area is 110 Å². The van der Waals surface area contributed by atoms with E-state index in [9.17, 15) is 4.79 Å². The van der Waals surface area contributed by atoms with Crippen LogP contribution in [0.15, 0.2) is 58.1 Å². The third kappa shape index (κ3) is 3.28. The molecule has 0 aliphatic rings. The maximum absolute atomic E-state index is 11.7. The van der Waals surface area contributed by atoms with Gasteiger partial charge < -0.3 is 9.73 Å². The molecule has 0 radical (unpaired) electrons. The molecule has 3 nitrogen and oxygen atoms in total. The summed E-state index contributed by atoms with van der Waals surface area (Å²) in [5.74, 6) is 0.483. The fraction of sp³-hybridized carbons (Fsp3) is 0.0714. The molecule has 1 aromatic heterocycles. The van der Waals surface area contributed by atoms with Crippen LogP contribution < -0.4 is 5.32 Å². The second kappa shape index (κ2) is 6.12. The molecule has 0 unspecified atom stereocenters. The van der Waals surface area contributed by atoms with E-state index in [1.807, 2.05) is 30.5 Å². The van der Waals surface area contributed by atoms with Gasteiger partial charge in [-0.2, -0.15) is 0 Å². The molecule has 1 aromatic carbocycles. The highest BCUT2D eigenvalue weighted by Crippen LogP contribution is 2.24. The lowest BCUT2D eigenvalue weighted by molar-refractivity contribution is -0.111. The van der Waals surface area contributed by atoms with Gasteiger partial charge in [-0.1, -0.05) is 12.1 Å². The second-order valence-corrected chi connectivity index (χ2v) is 4.39. The smallest absolute Gasteiger partial charge is 0.248 e. The lowest BCUT2D eigenvalue weighted by Gasteiger charge is -2.06. The summed E-state index contributed by atoms with van der Waals surface area (Å²) in [4.78, 5) is 12.8. The van der Waals surface area contributed by atoms with Crippen molar-refractivity contribution in [2.45, 2.75) is 4.90 Å². The van der Waals surface area contributed by atoms with Crippen LogP contribution in [0.1, 0.15) is 5.76 Å². The topological polar surface area (TPSA) is 42.2 Å². The minimum absolute atomic E-state index is 0.173. The Bertz CT molecular complexity index is 547. The first-order valence-corrected chi connectivity index (χ1v) is 6.67. The molecule has 1 heterocycles. The van der Waals surface area contributed by atoms with Crippen LogP contribution in [-0.2, 0) is 4.79 Å². The van der Waals surface area contributed by atoms with E-state index >= 15 is 0 Å². The molecule has 0 aliphatic heterocycles. The summed E-state index contributed by atoms with van der Waals surface area (Å²) in [7, 11) is 0. The van der Waals surface area contributed by atoms with E-state index in [0.717, 1.165) is 10.6 Å². The first-order chi connectivity index (χ1) is 8.79. The Morgan fingerprint density at radius 1 is 1.28 bits per heavy atom. The first kappa shape index (κ1) is 12.5. The molecule has 0 spiro atoms. The van der Waals surface area contributed by atoms with Gasteiger partial charge in [-0.3, -0.25) is 4.79 Å². The van der Waals surface area contributed by atoms with E-state index < -0.39 is 0 Å². The van der Waals surface area contributed by atoms with Gasteiger partial charge in [0.1, 0.15) is 5.76 Å². The van der Waals surface area contributed by atoms with Crippen LogP contribution in [0.4, 0.5) is 5.69 Å². The van der Waals surface area contributed by atoms with Gasteiger partial charge >= 0.3 is 0 Å². The Balaban J connectivity index is 2.03. The van der Waals surface area contributed by atoms with Crippen molar-refractivity contribution in [3.8, 4) is 0 Å². The molecule has 0 saturated carbocycles. The highest BCUT2D eigenvalue weighted by molar-refractivity contribution is 7.98. The zero-order valence-electron chi connectivity index (χ0n) is 9.92. The Hall–Kier alpha value is -1.94. The molecule has 0 aliphatic carbocycles. The average molecular weight is 259 g/mol. The number of rotatable bonds is 4. The van der Waals surface area contributed by atoms with Crippen molar-refractivity contribution in [2.75, 3.05) is 11.6 Å². The number of benzene rings is 1. The van der Waals surface area contributed by atoms with Gasteiger partial charge in [-0.05, 0) is 36.6 Å².